The van der Waals surface area contributed by atoms with Crippen LogP contribution in [0.1, 0.15) is 26.0 Å². The average Bonchev–Trinajstić information content (AvgIpc) is 2.63. The molecule has 1 saturated heterocycles. The van der Waals surface area contributed by atoms with Crippen LogP contribution in [0.15, 0.2) is 30.5 Å². The first-order valence-electron chi connectivity index (χ1n) is 9.54. The van der Waals surface area contributed by atoms with E-state index in [-0.39, 0.29) is 5.41 Å². The monoisotopic (exact) mass is 384 g/mol. The quantitative estimate of drug-likeness (QED) is 0.759. The highest BCUT2D eigenvalue weighted by atomic mass is 16.5. The van der Waals surface area contributed by atoms with E-state index in [2.05, 4.69) is 29.1 Å². The highest BCUT2D eigenvalue weighted by molar-refractivity contribution is 5.84. The molecule has 2 aromatic rings. The van der Waals surface area contributed by atoms with Crippen LogP contribution in [-0.2, 0) is 0 Å². The fourth-order valence-electron chi connectivity index (χ4n) is 3.60. The van der Waals surface area contributed by atoms with Gasteiger partial charge in [-0.3, -0.25) is 4.90 Å². The minimum absolute atomic E-state index is 0.209. The van der Waals surface area contributed by atoms with E-state index in [1.807, 2.05) is 25.1 Å². The maximum Gasteiger partial charge on any atom is 0.412 e. The number of carbonyl (C=O) groups is 1. The van der Waals surface area contributed by atoms with Gasteiger partial charge in [-0.2, -0.15) is 0 Å². The van der Waals surface area contributed by atoms with Crippen molar-refractivity contribution in [2.24, 2.45) is 11.3 Å². The van der Waals surface area contributed by atoms with Gasteiger partial charge in [0.15, 0.2) is 0 Å². The molecule has 7 nitrogen and oxygen atoms in total. The van der Waals surface area contributed by atoms with Gasteiger partial charge in [-0.15, -0.1) is 0 Å². The standard InChI is InChI=1S/C21H28N4O3/c1-14(2)10-21(11-22-12-21)13-28-18-6-5-17(24-15(18)3)16-7-8-23-19(9-16)25(4)20(26)27/h5-9,14,22H,10-13H2,1-4H3,(H,26,27). The zero-order valence-electron chi connectivity index (χ0n) is 16.9. The lowest BCUT2D eigenvalue weighted by atomic mass is 9.76. The highest BCUT2D eigenvalue weighted by Gasteiger charge is 2.38. The van der Waals surface area contributed by atoms with Crippen LogP contribution in [-0.4, -0.2) is 47.9 Å². The molecule has 7 heteroatoms. The van der Waals surface area contributed by atoms with Gasteiger partial charge in [0.1, 0.15) is 11.6 Å². The fraction of sp³-hybridized carbons (Fsp3) is 0.476. The second kappa shape index (κ2) is 8.14. The Morgan fingerprint density at radius 1 is 1.36 bits per heavy atom. The van der Waals surface area contributed by atoms with Crippen molar-refractivity contribution in [3.8, 4) is 17.0 Å². The molecule has 0 radical (unpaired) electrons. The van der Waals surface area contributed by atoms with Gasteiger partial charge in [0.05, 0.1) is 18.0 Å². The summed E-state index contributed by atoms with van der Waals surface area (Å²) in [5.74, 6) is 1.78. The lowest BCUT2D eigenvalue weighted by Crippen LogP contribution is -2.57. The minimum Gasteiger partial charge on any atom is -0.491 e. The summed E-state index contributed by atoms with van der Waals surface area (Å²) in [6, 6.07) is 7.37. The molecule has 0 aromatic carbocycles. The number of nitrogens with zero attached hydrogens (tertiary/aromatic N) is 3. The summed E-state index contributed by atoms with van der Waals surface area (Å²) in [6.07, 6.45) is 1.67. The number of aromatic nitrogens is 2. The fourth-order valence-corrected chi connectivity index (χ4v) is 3.60. The zero-order valence-corrected chi connectivity index (χ0v) is 16.9. The van der Waals surface area contributed by atoms with Crippen LogP contribution in [0.5, 0.6) is 5.75 Å². The highest BCUT2D eigenvalue weighted by Crippen LogP contribution is 2.32. The summed E-state index contributed by atoms with van der Waals surface area (Å²) >= 11 is 0. The molecule has 0 saturated carbocycles. The molecule has 150 valence electrons. The van der Waals surface area contributed by atoms with E-state index in [0.717, 1.165) is 47.1 Å². The predicted octanol–water partition coefficient (Wildman–Crippen LogP) is 3.58. The van der Waals surface area contributed by atoms with Crippen molar-refractivity contribution >= 4 is 11.9 Å². The zero-order chi connectivity index (χ0) is 20.3. The third-order valence-electron chi connectivity index (χ3n) is 5.08. The van der Waals surface area contributed by atoms with Crippen LogP contribution in [0.3, 0.4) is 0 Å². The number of carboxylic acid groups (broad SMARTS) is 1. The first kappa shape index (κ1) is 20.1. The van der Waals surface area contributed by atoms with Gasteiger partial charge in [0.25, 0.3) is 0 Å². The molecule has 1 aliphatic rings. The molecule has 0 unspecified atom stereocenters. The minimum atomic E-state index is -1.06. The molecule has 1 fully saturated rings. The van der Waals surface area contributed by atoms with Gasteiger partial charge < -0.3 is 15.2 Å². The molecule has 28 heavy (non-hydrogen) atoms. The van der Waals surface area contributed by atoms with Crippen LogP contribution in [0.2, 0.25) is 0 Å². The number of aryl methyl sites for hydroxylation is 1. The second-order valence-corrected chi connectivity index (χ2v) is 8.01. The van der Waals surface area contributed by atoms with Crippen molar-refractivity contribution < 1.29 is 14.6 Å². The first-order chi connectivity index (χ1) is 13.3. The molecule has 1 aliphatic heterocycles. The molecule has 0 atom stereocenters. The summed E-state index contributed by atoms with van der Waals surface area (Å²) in [6.45, 7) is 9.08. The summed E-state index contributed by atoms with van der Waals surface area (Å²) in [7, 11) is 1.46. The molecular formula is C21H28N4O3. The first-order valence-corrected chi connectivity index (χ1v) is 9.54. The molecule has 2 N–H and O–H groups in total. The summed E-state index contributed by atoms with van der Waals surface area (Å²) in [5, 5.41) is 12.5. The summed E-state index contributed by atoms with van der Waals surface area (Å²) < 4.78 is 6.13. The largest absolute Gasteiger partial charge is 0.491 e. The summed E-state index contributed by atoms with van der Waals surface area (Å²) in [4.78, 5) is 21.0. The van der Waals surface area contributed by atoms with Crippen molar-refractivity contribution in [3.05, 3.63) is 36.2 Å². The number of hydrogen-bond acceptors (Lipinski definition) is 5. The van der Waals surface area contributed by atoms with E-state index in [4.69, 9.17) is 9.84 Å². The predicted molar refractivity (Wildman–Crippen MR) is 109 cm³/mol. The molecule has 3 rings (SSSR count). The number of pyridine rings is 2. The normalized spacial score (nSPS) is 15.2. The van der Waals surface area contributed by atoms with Gasteiger partial charge in [-0.05, 0) is 43.5 Å². The Bertz CT molecular complexity index is 849. The topological polar surface area (TPSA) is 87.6 Å². The maximum absolute atomic E-state index is 11.1. The Kier molecular flexibility index (Phi) is 5.84. The Morgan fingerprint density at radius 2 is 2.11 bits per heavy atom. The SMILES string of the molecule is Cc1nc(-c2ccnc(N(C)C(=O)O)c2)ccc1OCC1(CC(C)C)CNC1. The van der Waals surface area contributed by atoms with Crippen LogP contribution >= 0.6 is 0 Å². The van der Waals surface area contributed by atoms with Gasteiger partial charge >= 0.3 is 6.09 Å². The van der Waals surface area contributed by atoms with Crippen molar-refractivity contribution in [3.63, 3.8) is 0 Å². The third-order valence-corrected chi connectivity index (χ3v) is 5.08. The van der Waals surface area contributed by atoms with Gasteiger partial charge in [-0.1, -0.05) is 13.8 Å². The van der Waals surface area contributed by atoms with Crippen LogP contribution in [0, 0.1) is 18.3 Å². The number of ether oxygens (including phenoxy) is 1. The number of rotatable bonds is 7. The number of amides is 1. The van der Waals surface area contributed by atoms with E-state index in [9.17, 15) is 4.79 Å². The smallest absolute Gasteiger partial charge is 0.412 e. The number of hydrogen-bond donors (Lipinski definition) is 2. The van der Waals surface area contributed by atoms with Crippen LogP contribution in [0.25, 0.3) is 11.3 Å². The van der Waals surface area contributed by atoms with Gasteiger partial charge in [-0.25, -0.2) is 14.8 Å². The van der Waals surface area contributed by atoms with Crippen LogP contribution < -0.4 is 15.0 Å². The van der Waals surface area contributed by atoms with Crippen molar-refractivity contribution in [2.45, 2.75) is 27.2 Å². The second-order valence-electron chi connectivity index (χ2n) is 8.01. The third kappa shape index (κ3) is 4.42. The lowest BCUT2D eigenvalue weighted by Gasteiger charge is -2.43. The maximum atomic E-state index is 11.1. The molecule has 0 spiro atoms. The molecule has 0 aliphatic carbocycles. The Morgan fingerprint density at radius 3 is 2.68 bits per heavy atom. The molecule has 1 amide bonds. The van der Waals surface area contributed by atoms with E-state index in [1.165, 1.54) is 7.05 Å². The number of anilines is 1. The van der Waals surface area contributed by atoms with Gasteiger partial charge in [0, 0.05) is 37.3 Å². The lowest BCUT2D eigenvalue weighted by molar-refractivity contribution is 0.0597. The van der Waals surface area contributed by atoms with E-state index in [0.29, 0.717) is 18.3 Å². The van der Waals surface area contributed by atoms with Crippen LogP contribution in [0.4, 0.5) is 10.6 Å². The van der Waals surface area contributed by atoms with Crippen molar-refractivity contribution in [1.29, 1.82) is 0 Å². The summed E-state index contributed by atoms with van der Waals surface area (Å²) in [5.41, 5.74) is 2.59. The van der Waals surface area contributed by atoms with E-state index in [1.54, 1.807) is 12.3 Å². The molecule has 0 bridgehead atoms. The van der Waals surface area contributed by atoms with Crippen molar-refractivity contribution in [2.75, 3.05) is 31.6 Å². The van der Waals surface area contributed by atoms with Gasteiger partial charge in [0.2, 0.25) is 0 Å². The van der Waals surface area contributed by atoms with E-state index < -0.39 is 6.09 Å². The Hall–Kier alpha value is -2.67. The van der Waals surface area contributed by atoms with Crippen molar-refractivity contribution in [1.82, 2.24) is 15.3 Å². The Labute approximate surface area is 165 Å². The number of nitrogens with one attached hydrogen (secondary N) is 1. The van der Waals surface area contributed by atoms with E-state index >= 15 is 0 Å². The molecule has 2 aromatic heterocycles. The average molecular weight is 384 g/mol. The molecule has 3 heterocycles. The Balaban J connectivity index is 1.74. The molecular weight excluding hydrogens is 356 g/mol.